The number of nitrogens with zero attached hydrogens (tertiary/aromatic N) is 1. The predicted octanol–water partition coefficient (Wildman–Crippen LogP) is 0.819. The van der Waals surface area contributed by atoms with E-state index >= 15 is 0 Å². The third kappa shape index (κ3) is 2.29. The van der Waals surface area contributed by atoms with E-state index in [9.17, 15) is 24.8 Å². The molecule has 2 aromatic rings. The number of aliphatic hydroxyl groups is 1. The van der Waals surface area contributed by atoms with Gasteiger partial charge in [0.1, 0.15) is 11.3 Å². The van der Waals surface area contributed by atoms with Gasteiger partial charge >= 0.3 is 5.97 Å². The number of fused-ring (bicyclic) bond motifs is 1. The standard InChI is InChI=1S/C11H7NO7/c13-7-4-9(10(14)11(15)16)19-8-2-1-5(12(17)18)3-6(7)8/h1-4,10,14H,(H,15,16). The summed E-state index contributed by atoms with van der Waals surface area (Å²) in [7, 11) is 0. The van der Waals surface area contributed by atoms with E-state index in [0.29, 0.717) is 0 Å². The highest BCUT2D eigenvalue weighted by Gasteiger charge is 2.21. The Morgan fingerprint density at radius 2 is 2.05 bits per heavy atom. The molecule has 0 aliphatic carbocycles. The maximum atomic E-state index is 11.7. The number of rotatable bonds is 3. The zero-order valence-corrected chi connectivity index (χ0v) is 9.27. The summed E-state index contributed by atoms with van der Waals surface area (Å²) >= 11 is 0. The molecule has 2 rings (SSSR count). The SMILES string of the molecule is O=C(O)C(O)c1cc(=O)c2cc([N+](=O)[O-])ccc2o1. The highest BCUT2D eigenvalue weighted by atomic mass is 16.6. The average molecular weight is 265 g/mol. The van der Waals surface area contributed by atoms with Gasteiger partial charge in [0.25, 0.3) is 5.69 Å². The Morgan fingerprint density at radius 3 is 2.63 bits per heavy atom. The monoisotopic (exact) mass is 265 g/mol. The van der Waals surface area contributed by atoms with Crippen LogP contribution >= 0.6 is 0 Å². The molecule has 1 unspecified atom stereocenters. The Balaban J connectivity index is 2.66. The van der Waals surface area contributed by atoms with Gasteiger partial charge in [-0.25, -0.2) is 4.79 Å². The fraction of sp³-hybridized carbons (Fsp3) is 0.0909. The van der Waals surface area contributed by atoms with Crippen LogP contribution in [0, 0.1) is 10.1 Å². The minimum absolute atomic E-state index is 0.0339. The van der Waals surface area contributed by atoms with E-state index in [4.69, 9.17) is 9.52 Å². The highest BCUT2D eigenvalue weighted by molar-refractivity contribution is 5.80. The fourth-order valence-electron chi connectivity index (χ4n) is 1.53. The maximum absolute atomic E-state index is 11.7. The lowest BCUT2D eigenvalue weighted by molar-refractivity contribution is -0.384. The second-order valence-corrected chi connectivity index (χ2v) is 3.69. The number of nitro benzene ring substituents is 1. The summed E-state index contributed by atoms with van der Waals surface area (Å²) in [5.74, 6) is -2.00. The number of carbonyl (C=O) groups is 1. The highest BCUT2D eigenvalue weighted by Crippen LogP contribution is 2.21. The number of non-ortho nitro benzene ring substituents is 1. The lowest BCUT2D eigenvalue weighted by Gasteiger charge is -2.05. The average Bonchev–Trinajstić information content (AvgIpc) is 2.37. The summed E-state index contributed by atoms with van der Waals surface area (Å²) in [6.07, 6.45) is -1.97. The smallest absolute Gasteiger partial charge is 0.340 e. The van der Waals surface area contributed by atoms with E-state index in [2.05, 4.69) is 0 Å². The van der Waals surface area contributed by atoms with Crippen LogP contribution in [-0.2, 0) is 4.79 Å². The number of hydrogen-bond donors (Lipinski definition) is 2. The summed E-state index contributed by atoms with van der Waals surface area (Å²) in [6, 6.07) is 4.11. The molecule has 2 N–H and O–H groups in total. The van der Waals surface area contributed by atoms with Crippen LogP contribution in [0.2, 0.25) is 0 Å². The van der Waals surface area contributed by atoms with Gasteiger partial charge in [0.15, 0.2) is 5.43 Å². The Labute approximate surface area is 104 Å². The molecule has 0 aliphatic heterocycles. The first kappa shape index (κ1) is 12.7. The second kappa shape index (κ2) is 4.50. The van der Waals surface area contributed by atoms with Crippen LogP contribution in [0.25, 0.3) is 11.0 Å². The van der Waals surface area contributed by atoms with Crippen molar-refractivity contribution in [2.45, 2.75) is 6.10 Å². The topological polar surface area (TPSA) is 131 Å². The Hall–Kier alpha value is -2.74. The minimum atomic E-state index is -1.97. The van der Waals surface area contributed by atoms with Crippen LogP contribution in [0.15, 0.2) is 33.5 Å². The quantitative estimate of drug-likeness (QED) is 0.620. The molecule has 1 heterocycles. The van der Waals surface area contributed by atoms with Gasteiger partial charge in [-0.3, -0.25) is 14.9 Å². The van der Waals surface area contributed by atoms with Gasteiger partial charge < -0.3 is 14.6 Å². The van der Waals surface area contributed by atoms with Gasteiger partial charge in [-0.05, 0) is 6.07 Å². The molecular formula is C11H7NO7. The minimum Gasteiger partial charge on any atom is -0.479 e. The largest absolute Gasteiger partial charge is 0.479 e. The van der Waals surface area contributed by atoms with Crippen molar-refractivity contribution in [3.8, 4) is 0 Å². The summed E-state index contributed by atoms with van der Waals surface area (Å²) < 4.78 is 5.05. The van der Waals surface area contributed by atoms with Gasteiger partial charge in [-0.1, -0.05) is 0 Å². The van der Waals surface area contributed by atoms with Crippen molar-refractivity contribution in [1.29, 1.82) is 0 Å². The maximum Gasteiger partial charge on any atom is 0.340 e. The third-order valence-electron chi connectivity index (χ3n) is 2.44. The third-order valence-corrected chi connectivity index (χ3v) is 2.44. The number of benzene rings is 1. The molecule has 0 amide bonds. The summed E-state index contributed by atoms with van der Waals surface area (Å²) in [5, 5.41) is 28.4. The molecule has 0 aliphatic rings. The van der Waals surface area contributed by atoms with E-state index in [1.54, 1.807) is 0 Å². The molecule has 0 fully saturated rings. The van der Waals surface area contributed by atoms with Gasteiger partial charge in [0.2, 0.25) is 6.10 Å². The van der Waals surface area contributed by atoms with Crippen LogP contribution in [-0.4, -0.2) is 21.1 Å². The molecule has 98 valence electrons. The van der Waals surface area contributed by atoms with Gasteiger partial charge in [-0.2, -0.15) is 0 Å². The lowest BCUT2D eigenvalue weighted by Crippen LogP contribution is -2.13. The van der Waals surface area contributed by atoms with Gasteiger partial charge in [0.05, 0.1) is 10.3 Å². The number of aliphatic carboxylic acids is 1. The number of nitro groups is 1. The molecule has 0 radical (unpaired) electrons. The Bertz CT molecular complexity index is 733. The lowest BCUT2D eigenvalue weighted by atomic mass is 10.1. The summed E-state index contributed by atoms with van der Waals surface area (Å²) in [4.78, 5) is 32.2. The van der Waals surface area contributed by atoms with E-state index in [1.807, 2.05) is 0 Å². The zero-order chi connectivity index (χ0) is 14.2. The van der Waals surface area contributed by atoms with Gasteiger partial charge in [0, 0.05) is 18.2 Å². The van der Waals surface area contributed by atoms with Crippen molar-refractivity contribution in [2.75, 3.05) is 0 Å². The molecule has 1 aromatic carbocycles. The first-order chi connectivity index (χ1) is 8.90. The Morgan fingerprint density at radius 1 is 1.37 bits per heavy atom. The fourth-order valence-corrected chi connectivity index (χ4v) is 1.53. The van der Waals surface area contributed by atoms with Crippen molar-refractivity contribution < 1.29 is 24.3 Å². The van der Waals surface area contributed by atoms with Crippen LogP contribution in [0.4, 0.5) is 5.69 Å². The molecule has 19 heavy (non-hydrogen) atoms. The summed E-state index contributed by atoms with van der Waals surface area (Å²) in [6.45, 7) is 0. The Kier molecular flexibility index (Phi) is 3.01. The van der Waals surface area contributed by atoms with E-state index in [-0.39, 0.29) is 16.7 Å². The number of aliphatic hydroxyl groups excluding tert-OH is 1. The van der Waals surface area contributed by atoms with Crippen molar-refractivity contribution in [3.63, 3.8) is 0 Å². The van der Waals surface area contributed by atoms with Crippen LogP contribution in [0.3, 0.4) is 0 Å². The molecule has 0 bridgehead atoms. The molecule has 1 aromatic heterocycles. The first-order valence-corrected chi connectivity index (χ1v) is 5.03. The predicted molar refractivity (Wildman–Crippen MR) is 61.7 cm³/mol. The molecule has 0 saturated carbocycles. The normalized spacial score (nSPS) is 12.3. The van der Waals surface area contributed by atoms with Crippen molar-refractivity contribution in [2.24, 2.45) is 0 Å². The number of carboxylic acids is 1. The van der Waals surface area contributed by atoms with Crippen LogP contribution in [0.5, 0.6) is 0 Å². The molecule has 8 nitrogen and oxygen atoms in total. The van der Waals surface area contributed by atoms with Crippen LogP contribution < -0.4 is 5.43 Å². The number of carboxylic acid groups (broad SMARTS) is 1. The summed E-state index contributed by atoms with van der Waals surface area (Å²) in [5.41, 5.74) is -0.986. The van der Waals surface area contributed by atoms with Crippen molar-refractivity contribution in [1.82, 2.24) is 0 Å². The van der Waals surface area contributed by atoms with E-state index < -0.39 is 28.2 Å². The molecule has 1 atom stereocenters. The van der Waals surface area contributed by atoms with Crippen molar-refractivity contribution >= 4 is 22.6 Å². The van der Waals surface area contributed by atoms with E-state index in [1.165, 1.54) is 6.07 Å². The first-order valence-electron chi connectivity index (χ1n) is 5.03. The molecular weight excluding hydrogens is 258 g/mol. The van der Waals surface area contributed by atoms with E-state index in [0.717, 1.165) is 18.2 Å². The van der Waals surface area contributed by atoms with Crippen LogP contribution in [0.1, 0.15) is 11.9 Å². The van der Waals surface area contributed by atoms with Gasteiger partial charge in [-0.15, -0.1) is 0 Å². The number of hydrogen-bond acceptors (Lipinski definition) is 6. The zero-order valence-electron chi connectivity index (χ0n) is 9.27. The molecule has 0 saturated heterocycles. The molecule has 0 spiro atoms. The molecule has 8 heteroatoms. The van der Waals surface area contributed by atoms with Crippen molar-refractivity contribution in [3.05, 3.63) is 50.4 Å². The second-order valence-electron chi connectivity index (χ2n) is 3.69.